The van der Waals surface area contributed by atoms with E-state index in [0.29, 0.717) is 24.3 Å². The van der Waals surface area contributed by atoms with Crippen molar-refractivity contribution in [2.24, 2.45) is 10.7 Å². The van der Waals surface area contributed by atoms with Crippen molar-refractivity contribution in [3.05, 3.63) is 28.8 Å². The maximum Gasteiger partial charge on any atom is 0.189 e. The lowest BCUT2D eigenvalue weighted by molar-refractivity contribution is 0.412. The normalized spacial score (nSPS) is 18.9. The second-order valence-corrected chi connectivity index (χ2v) is 6.59. The predicted molar refractivity (Wildman–Crippen MR) is 105 cm³/mol. The molecule has 2 aliphatic carbocycles. The molecule has 1 fully saturated rings. The minimum absolute atomic E-state index is 0. The van der Waals surface area contributed by atoms with E-state index in [0.717, 1.165) is 18.4 Å². The highest BCUT2D eigenvalue weighted by Crippen LogP contribution is 2.31. The number of aliphatic imine (C=N–C) groups is 1. The number of hydrogen-bond acceptors (Lipinski definition) is 2. The Morgan fingerprint density at radius 3 is 2.65 bits per heavy atom. The van der Waals surface area contributed by atoms with Crippen LogP contribution >= 0.6 is 24.0 Å². The van der Waals surface area contributed by atoms with E-state index in [1.54, 1.807) is 6.07 Å². The van der Waals surface area contributed by atoms with E-state index in [2.05, 4.69) is 16.4 Å². The molecule has 0 aliphatic heterocycles. The SMILES string of the molecule is I.NC(=NCc1c(O)ccc2c1CCCC2)NC1CCCCC1. The Labute approximate surface area is 156 Å². The number of nitrogens with one attached hydrogen (secondary N) is 1. The van der Waals surface area contributed by atoms with Gasteiger partial charge in [0.1, 0.15) is 5.75 Å². The number of nitrogens with two attached hydrogens (primary N) is 1. The Morgan fingerprint density at radius 1 is 1.13 bits per heavy atom. The quantitative estimate of drug-likeness (QED) is 0.391. The van der Waals surface area contributed by atoms with Crippen LogP contribution in [0.15, 0.2) is 17.1 Å². The molecule has 0 bridgehead atoms. The largest absolute Gasteiger partial charge is 0.508 e. The van der Waals surface area contributed by atoms with Gasteiger partial charge in [0, 0.05) is 11.6 Å². The first-order chi connectivity index (χ1) is 10.7. The molecule has 0 heterocycles. The molecule has 4 N–H and O–H groups in total. The summed E-state index contributed by atoms with van der Waals surface area (Å²) in [6.07, 6.45) is 10.8. The highest BCUT2D eigenvalue weighted by atomic mass is 127. The van der Waals surface area contributed by atoms with Gasteiger partial charge in [0.15, 0.2) is 5.96 Å². The van der Waals surface area contributed by atoms with Crippen LogP contribution in [0.1, 0.15) is 61.6 Å². The third-order valence-electron chi connectivity index (χ3n) is 4.99. The summed E-state index contributed by atoms with van der Waals surface area (Å²) in [6.45, 7) is 0.473. The maximum atomic E-state index is 10.2. The van der Waals surface area contributed by atoms with Gasteiger partial charge in [0.05, 0.1) is 6.54 Å². The van der Waals surface area contributed by atoms with Gasteiger partial charge in [-0.15, -0.1) is 24.0 Å². The molecular formula is C18H28IN3O. The molecule has 128 valence electrons. The van der Waals surface area contributed by atoms with E-state index in [1.807, 2.05) is 0 Å². The Balaban J connectivity index is 0.00000192. The molecule has 3 rings (SSSR count). The summed E-state index contributed by atoms with van der Waals surface area (Å²) in [6, 6.07) is 4.33. The minimum atomic E-state index is 0. The summed E-state index contributed by atoms with van der Waals surface area (Å²) in [5.41, 5.74) is 9.66. The van der Waals surface area contributed by atoms with E-state index in [1.165, 1.54) is 56.1 Å². The third-order valence-corrected chi connectivity index (χ3v) is 4.99. The van der Waals surface area contributed by atoms with E-state index in [4.69, 9.17) is 5.73 Å². The van der Waals surface area contributed by atoms with Gasteiger partial charge in [-0.3, -0.25) is 0 Å². The lowest BCUT2D eigenvalue weighted by Crippen LogP contribution is -2.41. The molecule has 0 atom stereocenters. The van der Waals surface area contributed by atoms with Crippen LogP contribution in [0, 0.1) is 0 Å². The average Bonchev–Trinajstić information content (AvgIpc) is 2.55. The Hall–Kier alpha value is -0.980. The van der Waals surface area contributed by atoms with Crippen LogP contribution in [0.2, 0.25) is 0 Å². The summed E-state index contributed by atoms with van der Waals surface area (Å²) < 4.78 is 0. The lowest BCUT2D eigenvalue weighted by atomic mass is 9.88. The number of phenolic OH excluding ortho intramolecular Hbond substituents is 1. The van der Waals surface area contributed by atoms with Crippen LogP contribution in [0.4, 0.5) is 0 Å². The molecule has 0 unspecified atom stereocenters. The first-order valence-electron chi connectivity index (χ1n) is 8.63. The number of aromatic hydroxyl groups is 1. The number of halogens is 1. The van der Waals surface area contributed by atoms with E-state index in [9.17, 15) is 5.11 Å². The smallest absolute Gasteiger partial charge is 0.189 e. The first kappa shape index (κ1) is 18.4. The fraction of sp³-hybridized carbons (Fsp3) is 0.611. The molecular weight excluding hydrogens is 401 g/mol. The van der Waals surface area contributed by atoms with Crippen LogP contribution < -0.4 is 11.1 Å². The van der Waals surface area contributed by atoms with Crippen LogP contribution in [-0.2, 0) is 19.4 Å². The molecule has 0 saturated heterocycles. The van der Waals surface area contributed by atoms with E-state index < -0.39 is 0 Å². The van der Waals surface area contributed by atoms with Crippen molar-refractivity contribution in [2.45, 2.75) is 70.4 Å². The van der Waals surface area contributed by atoms with Crippen molar-refractivity contribution < 1.29 is 5.11 Å². The molecule has 23 heavy (non-hydrogen) atoms. The van der Waals surface area contributed by atoms with Gasteiger partial charge in [0.25, 0.3) is 0 Å². The third kappa shape index (κ3) is 4.75. The zero-order valence-corrected chi connectivity index (χ0v) is 16.0. The molecule has 5 heteroatoms. The van der Waals surface area contributed by atoms with Crippen LogP contribution in [0.25, 0.3) is 0 Å². The fourth-order valence-electron chi connectivity index (χ4n) is 3.73. The van der Waals surface area contributed by atoms with E-state index >= 15 is 0 Å². The molecule has 1 aromatic carbocycles. The van der Waals surface area contributed by atoms with E-state index in [-0.39, 0.29) is 24.0 Å². The Kier molecular flexibility index (Phi) is 6.99. The Morgan fingerprint density at radius 2 is 1.87 bits per heavy atom. The fourth-order valence-corrected chi connectivity index (χ4v) is 3.73. The Bertz CT molecular complexity index is 553. The number of aryl methyl sites for hydroxylation is 1. The molecule has 4 nitrogen and oxygen atoms in total. The van der Waals surface area contributed by atoms with Gasteiger partial charge in [-0.25, -0.2) is 4.99 Å². The van der Waals surface area contributed by atoms with Crippen molar-refractivity contribution >= 4 is 29.9 Å². The van der Waals surface area contributed by atoms with Crippen molar-refractivity contribution in [1.82, 2.24) is 5.32 Å². The van der Waals surface area contributed by atoms with Crippen molar-refractivity contribution in [1.29, 1.82) is 0 Å². The summed E-state index contributed by atoms with van der Waals surface area (Å²) >= 11 is 0. The standard InChI is InChI=1S/C18H27N3O.HI/c19-18(21-14-7-2-1-3-8-14)20-12-16-15-9-5-4-6-13(15)10-11-17(16)22;/h10-11,14,22H,1-9,12H2,(H3,19,20,21);1H. The van der Waals surface area contributed by atoms with Gasteiger partial charge < -0.3 is 16.2 Å². The number of hydrogen-bond donors (Lipinski definition) is 3. The number of phenols is 1. The maximum absolute atomic E-state index is 10.2. The zero-order chi connectivity index (χ0) is 15.4. The topological polar surface area (TPSA) is 70.6 Å². The van der Waals surface area contributed by atoms with Crippen molar-refractivity contribution in [3.63, 3.8) is 0 Å². The molecule has 0 radical (unpaired) electrons. The molecule has 1 saturated carbocycles. The zero-order valence-electron chi connectivity index (χ0n) is 13.7. The average molecular weight is 429 g/mol. The number of fused-ring (bicyclic) bond motifs is 1. The van der Waals surface area contributed by atoms with Crippen molar-refractivity contribution in [3.8, 4) is 5.75 Å². The number of benzene rings is 1. The summed E-state index contributed by atoms with van der Waals surface area (Å²) in [7, 11) is 0. The molecule has 0 aromatic heterocycles. The van der Waals surface area contributed by atoms with Gasteiger partial charge in [-0.2, -0.15) is 0 Å². The van der Waals surface area contributed by atoms with Crippen LogP contribution in [0.5, 0.6) is 5.75 Å². The van der Waals surface area contributed by atoms with Gasteiger partial charge >= 0.3 is 0 Å². The monoisotopic (exact) mass is 429 g/mol. The summed E-state index contributed by atoms with van der Waals surface area (Å²) in [5, 5.41) is 13.5. The molecule has 0 spiro atoms. The van der Waals surface area contributed by atoms with Gasteiger partial charge in [-0.1, -0.05) is 25.3 Å². The summed E-state index contributed by atoms with van der Waals surface area (Å²) in [5.74, 6) is 0.870. The van der Waals surface area contributed by atoms with Gasteiger partial charge in [0.2, 0.25) is 0 Å². The number of nitrogens with zero attached hydrogens (tertiary/aromatic N) is 1. The summed E-state index contributed by atoms with van der Waals surface area (Å²) in [4.78, 5) is 4.48. The first-order valence-corrected chi connectivity index (χ1v) is 8.63. The number of guanidine groups is 1. The molecule has 0 amide bonds. The highest BCUT2D eigenvalue weighted by Gasteiger charge is 2.17. The minimum Gasteiger partial charge on any atom is -0.508 e. The van der Waals surface area contributed by atoms with Crippen LogP contribution in [-0.4, -0.2) is 17.1 Å². The second-order valence-electron chi connectivity index (χ2n) is 6.59. The number of rotatable bonds is 3. The van der Waals surface area contributed by atoms with Gasteiger partial charge in [-0.05, 0) is 55.7 Å². The van der Waals surface area contributed by atoms with Crippen molar-refractivity contribution in [2.75, 3.05) is 0 Å². The molecule has 1 aromatic rings. The second kappa shape index (κ2) is 8.76. The predicted octanol–water partition coefficient (Wildman–Crippen LogP) is 3.63. The highest BCUT2D eigenvalue weighted by molar-refractivity contribution is 14.0. The lowest BCUT2D eigenvalue weighted by Gasteiger charge is -2.23. The van der Waals surface area contributed by atoms with Crippen LogP contribution in [0.3, 0.4) is 0 Å². The molecule has 2 aliphatic rings.